The van der Waals surface area contributed by atoms with E-state index in [-0.39, 0.29) is 23.6 Å². The van der Waals surface area contributed by atoms with Gasteiger partial charge in [-0.3, -0.25) is 9.69 Å². The first-order chi connectivity index (χ1) is 13.9. The lowest BCUT2D eigenvalue weighted by atomic mass is 9.96. The molecule has 0 radical (unpaired) electrons. The lowest BCUT2D eigenvalue weighted by Gasteiger charge is -2.33. The minimum atomic E-state index is -3.20. The van der Waals surface area contributed by atoms with Crippen LogP contribution in [0.4, 0.5) is 5.69 Å². The smallest absolute Gasteiger partial charge is 0.232 e. The van der Waals surface area contributed by atoms with Crippen molar-refractivity contribution in [2.75, 3.05) is 31.2 Å². The molecule has 9 heteroatoms. The number of para-hydroxylation sites is 2. The van der Waals surface area contributed by atoms with E-state index in [2.05, 4.69) is 0 Å². The molecule has 2 aliphatic rings. The molecule has 0 aliphatic carbocycles. The van der Waals surface area contributed by atoms with Crippen LogP contribution in [0.1, 0.15) is 33.6 Å². The van der Waals surface area contributed by atoms with Crippen molar-refractivity contribution in [1.29, 1.82) is 0 Å². The molecule has 160 valence electrons. The lowest BCUT2D eigenvalue weighted by Crippen LogP contribution is -2.46. The highest BCUT2D eigenvalue weighted by Crippen LogP contribution is 2.34. The Kier molecular flexibility index (Phi) is 7.23. The van der Waals surface area contributed by atoms with Gasteiger partial charge in [-0.1, -0.05) is 23.9 Å². The van der Waals surface area contributed by atoms with Gasteiger partial charge in [-0.05, 0) is 45.7 Å². The van der Waals surface area contributed by atoms with Crippen LogP contribution in [-0.4, -0.2) is 65.9 Å². The van der Waals surface area contributed by atoms with E-state index < -0.39 is 10.0 Å². The van der Waals surface area contributed by atoms with Gasteiger partial charge < -0.3 is 4.74 Å². The maximum absolute atomic E-state index is 13.3. The van der Waals surface area contributed by atoms with Gasteiger partial charge in [0.1, 0.15) is 11.4 Å². The minimum absolute atomic E-state index is 0.0451. The molecule has 29 heavy (non-hydrogen) atoms. The number of nitrogens with zero attached hydrogens (tertiary/aromatic N) is 3. The molecule has 1 aromatic carbocycles. The van der Waals surface area contributed by atoms with E-state index in [0.29, 0.717) is 49.1 Å². The summed E-state index contributed by atoms with van der Waals surface area (Å²) in [6.07, 6.45) is 1.10. The number of hydrogen-bond donors (Lipinski definition) is 0. The number of rotatable bonds is 6. The Hall–Kier alpha value is -1.58. The van der Waals surface area contributed by atoms with Gasteiger partial charge in [-0.15, -0.1) is 0 Å². The fraction of sp³-hybridized carbons (Fsp3) is 0.600. The molecule has 1 unspecified atom stereocenters. The largest absolute Gasteiger partial charge is 0.492 e. The van der Waals surface area contributed by atoms with Crippen molar-refractivity contribution in [2.45, 2.75) is 39.7 Å². The number of sulfonamides is 1. The summed E-state index contributed by atoms with van der Waals surface area (Å²) in [7, 11) is -3.20. The Morgan fingerprint density at radius 2 is 1.93 bits per heavy atom. The van der Waals surface area contributed by atoms with Gasteiger partial charge in [0.2, 0.25) is 15.9 Å². The second kappa shape index (κ2) is 9.49. The number of benzene rings is 1. The summed E-state index contributed by atoms with van der Waals surface area (Å²) < 4.78 is 31.3. The zero-order valence-electron chi connectivity index (χ0n) is 17.2. The third kappa shape index (κ3) is 4.95. The van der Waals surface area contributed by atoms with Crippen molar-refractivity contribution in [3.8, 4) is 5.75 Å². The van der Waals surface area contributed by atoms with Gasteiger partial charge in [-0.25, -0.2) is 17.7 Å². The summed E-state index contributed by atoms with van der Waals surface area (Å²) >= 11 is 1.57. The topological polar surface area (TPSA) is 79.3 Å². The van der Waals surface area contributed by atoms with Gasteiger partial charge >= 0.3 is 0 Å². The van der Waals surface area contributed by atoms with Crippen LogP contribution in [0.2, 0.25) is 0 Å². The molecule has 2 fully saturated rings. The van der Waals surface area contributed by atoms with Crippen LogP contribution in [0.5, 0.6) is 5.75 Å². The molecule has 1 amide bonds. The molecule has 7 nitrogen and oxygen atoms in total. The van der Waals surface area contributed by atoms with E-state index in [9.17, 15) is 13.2 Å². The molecule has 0 spiro atoms. The summed E-state index contributed by atoms with van der Waals surface area (Å²) in [6.45, 7) is 6.96. The number of piperidine rings is 1. The third-order valence-corrected chi connectivity index (χ3v) is 8.36. The molecule has 1 aromatic rings. The number of hydrogen-bond acceptors (Lipinski definition) is 6. The van der Waals surface area contributed by atoms with Crippen molar-refractivity contribution in [1.82, 2.24) is 9.21 Å². The summed E-state index contributed by atoms with van der Waals surface area (Å²) in [5, 5.41) is 0.693. The van der Waals surface area contributed by atoms with Crippen LogP contribution in [0, 0.1) is 5.92 Å². The molecule has 2 aliphatic heterocycles. The first-order valence-electron chi connectivity index (χ1n) is 10.1. The van der Waals surface area contributed by atoms with Crippen LogP contribution in [0.25, 0.3) is 0 Å². The number of carbonyl (C=O) groups is 1. The molecule has 0 N–H and O–H groups in total. The molecule has 0 aromatic heterocycles. The van der Waals surface area contributed by atoms with Gasteiger partial charge in [0, 0.05) is 30.8 Å². The van der Waals surface area contributed by atoms with Crippen LogP contribution >= 0.6 is 11.8 Å². The zero-order valence-corrected chi connectivity index (χ0v) is 18.8. The predicted octanol–water partition coefficient (Wildman–Crippen LogP) is 3.10. The monoisotopic (exact) mass is 439 g/mol. The van der Waals surface area contributed by atoms with Crippen molar-refractivity contribution >= 4 is 38.5 Å². The number of amides is 1. The number of amidine groups is 1. The fourth-order valence-corrected chi connectivity index (χ4v) is 5.86. The lowest BCUT2D eigenvalue weighted by molar-refractivity contribution is -0.133. The standard InChI is InChI=1S/C20H29N3O4S2/c1-4-27-18-9-7-6-8-17(18)21-20-23(15(3)14-28-20)19(24)16-10-12-22(13-11-16)29(25,26)5-2/h6-9,15-16H,4-5,10-14H2,1-3H3. The minimum Gasteiger partial charge on any atom is -0.492 e. The molecular weight excluding hydrogens is 410 g/mol. The van der Waals surface area contributed by atoms with E-state index in [0.717, 1.165) is 5.75 Å². The fourth-order valence-electron chi connectivity index (χ4n) is 3.62. The molecule has 1 atom stereocenters. The Morgan fingerprint density at radius 1 is 1.24 bits per heavy atom. The van der Waals surface area contributed by atoms with E-state index in [1.807, 2.05) is 38.1 Å². The highest BCUT2D eigenvalue weighted by molar-refractivity contribution is 8.14. The summed E-state index contributed by atoms with van der Waals surface area (Å²) in [6, 6.07) is 7.63. The summed E-state index contributed by atoms with van der Waals surface area (Å²) in [4.78, 5) is 19.8. The van der Waals surface area contributed by atoms with E-state index in [1.54, 1.807) is 23.6 Å². The van der Waals surface area contributed by atoms with Gasteiger partial charge in [0.15, 0.2) is 5.17 Å². The highest BCUT2D eigenvalue weighted by Gasteiger charge is 2.38. The van der Waals surface area contributed by atoms with Crippen LogP contribution in [0.3, 0.4) is 0 Å². The molecule has 2 heterocycles. The molecular formula is C20H29N3O4S2. The van der Waals surface area contributed by atoms with Crippen molar-refractivity contribution < 1.29 is 17.9 Å². The molecule has 0 bridgehead atoms. The summed E-state index contributed by atoms with van der Waals surface area (Å²) in [5.41, 5.74) is 0.715. The average molecular weight is 440 g/mol. The first-order valence-corrected chi connectivity index (χ1v) is 12.7. The molecule has 2 saturated heterocycles. The van der Waals surface area contributed by atoms with E-state index in [4.69, 9.17) is 9.73 Å². The average Bonchev–Trinajstić information content (AvgIpc) is 3.09. The number of thioether (sulfide) groups is 1. The highest BCUT2D eigenvalue weighted by atomic mass is 32.2. The van der Waals surface area contributed by atoms with Gasteiger partial charge in [-0.2, -0.15) is 0 Å². The Labute approximate surface area is 177 Å². The second-order valence-electron chi connectivity index (χ2n) is 7.24. The van der Waals surface area contributed by atoms with Crippen molar-refractivity contribution in [3.05, 3.63) is 24.3 Å². The molecule has 3 rings (SSSR count). The zero-order chi connectivity index (χ0) is 21.0. The third-order valence-electron chi connectivity index (χ3n) is 5.28. The maximum Gasteiger partial charge on any atom is 0.232 e. The van der Waals surface area contributed by atoms with E-state index >= 15 is 0 Å². The Morgan fingerprint density at radius 3 is 2.59 bits per heavy atom. The summed E-state index contributed by atoms with van der Waals surface area (Å²) in [5.74, 6) is 1.47. The normalized spacial score (nSPS) is 22.9. The number of aliphatic imine (C=N–C) groups is 1. The maximum atomic E-state index is 13.3. The van der Waals surface area contributed by atoms with E-state index in [1.165, 1.54) is 4.31 Å². The SMILES string of the molecule is CCOc1ccccc1N=C1SCC(C)N1C(=O)C1CCN(S(=O)(=O)CC)CC1. The Bertz CT molecular complexity index is 864. The van der Waals surface area contributed by atoms with Crippen LogP contribution in [0.15, 0.2) is 29.3 Å². The number of carbonyl (C=O) groups excluding carboxylic acids is 1. The number of ether oxygens (including phenoxy) is 1. The molecule has 0 saturated carbocycles. The van der Waals surface area contributed by atoms with Crippen LogP contribution < -0.4 is 4.74 Å². The van der Waals surface area contributed by atoms with Gasteiger partial charge in [0.05, 0.1) is 12.4 Å². The quantitative estimate of drug-likeness (QED) is 0.681. The predicted molar refractivity (Wildman–Crippen MR) is 117 cm³/mol. The Balaban J connectivity index is 1.76. The second-order valence-corrected chi connectivity index (χ2v) is 10.5. The van der Waals surface area contributed by atoms with Crippen molar-refractivity contribution in [3.63, 3.8) is 0 Å². The van der Waals surface area contributed by atoms with Crippen LogP contribution in [-0.2, 0) is 14.8 Å². The van der Waals surface area contributed by atoms with Crippen molar-refractivity contribution in [2.24, 2.45) is 10.9 Å². The van der Waals surface area contributed by atoms with Gasteiger partial charge in [0.25, 0.3) is 0 Å². The first kappa shape index (κ1) is 22.1.